The van der Waals surface area contributed by atoms with Gasteiger partial charge in [-0.05, 0) is 18.4 Å². The molecule has 1 aromatic rings. The molecule has 2 N–H and O–H groups in total. The summed E-state index contributed by atoms with van der Waals surface area (Å²) >= 11 is 0. The van der Waals surface area contributed by atoms with Crippen LogP contribution < -0.4 is 10.6 Å². The summed E-state index contributed by atoms with van der Waals surface area (Å²) in [7, 11) is 0. The van der Waals surface area contributed by atoms with Gasteiger partial charge in [-0.25, -0.2) is 4.79 Å². The second kappa shape index (κ2) is 8.85. The van der Waals surface area contributed by atoms with Crippen LogP contribution >= 0.6 is 0 Å². The van der Waals surface area contributed by atoms with Gasteiger partial charge in [0.25, 0.3) is 0 Å². The first-order chi connectivity index (χ1) is 12.2. The quantitative estimate of drug-likeness (QED) is 0.879. The van der Waals surface area contributed by atoms with Gasteiger partial charge in [0.2, 0.25) is 5.91 Å². The number of ether oxygens (including phenoxy) is 1. The summed E-state index contributed by atoms with van der Waals surface area (Å²) in [4.78, 5) is 26.4. The summed E-state index contributed by atoms with van der Waals surface area (Å²) in [5.41, 5.74) is 1.06. The largest absolute Gasteiger partial charge is 0.377 e. The van der Waals surface area contributed by atoms with Crippen LogP contribution in [0.15, 0.2) is 30.3 Å². The maximum Gasteiger partial charge on any atom is 0.315 e. The number of amides is 3. The average Bonchev–Trinajstić information content (AvgIpc) is 2.67. The van der Waals surface area contributed by atoms with E-state index in [2.05, 4.69) is 10.6 Å². The lowest BCUT2D eigenvalue weighted by atomic mass is 9.96. The zero-order chi connectivity index (χ0) is 17.5. The van der Waals surface area contributed by atoms with Crippen LogP contribution in [0.1, 0.15) is 43.7 Å². The smallest absolute Gasteiger partial charge is 0.315 e. The number of hydrogen-bond acceptors (Lipinski definition) is 3. The Hall–Kier alpha value is -2.08. The monoisotopic (exact) mass is 345 g/mol. The van der Waals surface area contributed by atoms with Gasteiger partial charge in [-0.15, -0.1) is 0 Å². The number of hydrogen-bond donors (Lipinski definition) is 2. The van der Waals surface area contributed by atoms with Crippen LogP contribution in [-0.2, 0) is 9.53 Å². The third kappa shape index (κ3) is 4.95. The molecular formula is C19H27N3O3. The minimum Gasteiger partial charge on any atom is -0.377 e. The molecule has 136 valence electrons. The standard InChI is InChI=1S/C19H27N3O3/c23-18(13-20-19(24)21-16-9-5-2-6-10-16)22-11-12-25-14-17(22)15-7-3-1-4-8-15/h1,3-4,7-8,16-17H,2,5-6,9-14H2,(H2,20,21,24). The molecule has 3 rings (SSSR count). The Morgan fingerprint density at radius 2 is 1.88 bits per heavy atom. The Bertz CT molecular complexity index is 573. The SMILES string of the molecule is O=C(NCC(=O)N1CCOCC1c1ccccc1)NC1CCCCC1. The molecule has 1 aliphatic heterocycles. The lowest BCUT2D eigenvalue weighted by Crippen LogP contribution is -2.50. The van der Waals surface area contributed by atoms with Crippen molar-refractivity contribution < 1.29 is 14.3 Å². The molecule has 1 atom stereocenters. The van der Waals surface area contributed by atoms with E-state index in [9.17, 15) is 9.59 Å². The second-order valence-corrected chi connectivity index (χ2v) is 6.75. The highest BCUT2D eigenvalue weighted by Gasteiger charge is 2.28. The molecule has 2 aliphatic rings. The highest BCUT2D eigenvalue weighted by atomic mass is 16.5. The van der Waals surface area contributed by atoms with Crippen molar-refractivity contribution in [3.05, 3.63) is 35.9 Å². The van der Waals surface area contributed by atoms with Crippen LogP contribution in [0.4, 0.5) is 4.79 Å². The number of morpholine rings is 1. The summed E-state index contributed by atoms with van der Waals surface area (Å²) < 4.78 is 5.55. The third-order valence-electron chi connectivity index (χ3n) is 4.97. The van der Waals surface area contributed by atoms with Crippen LogP contribution in [0, 0.1) is 0 Å². The zero-order valence-electron chi connectivity index (χ0n) is 14.6. The predicted octanol–water partition coefficient (Wildman–Crippen LogP) is 2.22. The van der Waals surface area contributed by atoms with Crippen molar-refractivity contribution in [1.29, 1.82) is 0 Å². The average molecular weight is 345 g/mol. The molecular weight excluding hydrogens is 318 g/mol. The van der Waals surface area contributed by atoms with Crippen molar-refractivity contribution in [1.82, 2.24) is 15.5 Å². The Morgan fingerprint density at radius 3 is 2.64 bits per heavy atom. The van der Waals surface area contributed by atoms with E-state index in [1.54, 1.807) is 4.90 Å². The fourth-order valence-corrected chi connectivity index (χ4v) is 3.59. The van der Waals surface area contributed by atoms with E-state index in [0.29, 0.717) is 19.8 Å². The Balaban J connectivity index is 1.51. The maximum absolute atomic E-state index is 12.6. The van der Waals surface area contributed by atoms with Crippen molar-refractivity contribution in [3.63, 3.8) is 0 Å². The van der Waals surface area contributed by atoms with Crippen molar-refractivity contribution in [3.8, 4) is 0 Å². The molecule has 0 spiro atoms. The van der Waals surface area contributed by atoms with Crippen LogP contribution in [0.25, 0.3) is 0 Å². The van der Waals surface area contributed by atoms with Gasteiger partial charge >= 0.3 is 6.03 Å². The lowest BCUT2D eigenvalue weighted by molar-refractivity contribution is -0.139. The number of rotatable bonds is 4. The Kier molecular flexibility index (Phi) is 6.28. The number of carbonyl (C=O) groups excluding carboxylic acids is 2. The lowest BCUT2D eigenvalue weighted by Gasteiger charge is -2.36. The first-order valence-electron chi connectivity index (χ1n) is 9.20. The summed E-state index contributed by atoms with van der Waals surface area (Å²) in [6.45, 7) is 1.58. The molecule has 1 aliphatic carbocycles. The summed E-state index contributed by atoms with van der Waals surface area (Å²) in [6, 6.07) is 9.78. The Morgan fingerprint density at radius 1 is 1.12 bits per heavy atom. The predicted molar refractivity (Wildman–Crippen MR) is 95.1 cm³/mol. The maximum atomic E-state index is 12.6. The van der Waals surface area contributed by atoms with Crippen molar-refractivity contribution in [2.24, 2.45) is 0 Å². The van der Waals surface area contributed by atoms with Gasteiger partial charge in [-0.2, -0.15) is 0 Å². The van der Waals surface area contributed by atoms with E-state index >= 15 is 0 Å². The van der Waals surface area contributed by atoms with Crippen LogP contribution in [-0.4, -0.2) is 49.2 Å². The van der Waals surface area contributed by atoms with Crippen molar-refractivity contribution >= 4 is 11.9 Å². The molecule has 25 heavy (non-hydrogen) atoms. The fraction of sp³-hybridized carbons (Fsp3) is 0.579. The molecule has 1 unspecified atom stereocenters. The third-order valence-corrected chi connectivity index (χ3v) is 4.97. The van der Waals surface area contributed by atoms with Crippen LogP contribution in [0.5, 0.6) is 0 Å². The van der Waals surface area contributed by atoms with Gasteiger partial charge in [-0.1, -0.05) is 49.6 Å². The number of nitrogens with one attached hydrogen (secondary N) is 2. The molecule has 1 saturated heterocycles. The van der Waals surface area contributed by atoms with Gasteiger partial charge in [0.1, 0.15) is 0 Å². The number of nitrogens with zero attached hydrogens (tertiary/aromatic N) is 1. The first-order valence-corrected chi connectivity index (χ1v) is 9.20. The molecule has 1 saturated carbocycles. The molecule has 2 fully saturated rings. The molecule has 6 heteroatoms. The van der Waals surface area contributed by atoms with E-state index in [-0.39, 0.29) is 30.6 Å². The minimum atomic E-state index is -0.246. The second-order valence-electron chi connectivity index (χ2n) is 6.75. The van der Waals surface area contributed by atoms with E-state index < -0.39 is 0 Å². The molecule has 6 nitrogen and oxygen atoms in total. The van der Waals surface area contributed by atoms with Gasteiger partial charge in [0.05, 0.1) is 25.8 Å². The molecule has 1 heterocycles. The van der Waals surface area contributed by atoms with Gasteiger partial charge in [0.15, 0.2) is 0 Å². The van der Waals surface area contributed by atoms with Crippen LogP contribution in [0.3, 0.4) is 0 Å². The van der Waals surface area contributed by atoms with Gasteiger partial charge in [-0.3, -0.25) is 4.79 Å². The molecule has 1 aromatic carbocycles. The fourth-order valence-electron chi connectivity index (χ4n) is 3.59. The topological polar surface area (TPSA) is 70.7 Å². The molecule has 0 bridgehead atoms. The van der Waals surface area contributed by atoms with E-state index in [0.717, 1.165) is 31.2 Å². The molecule has 0 radical (unpaired) electrons. The molecule has 3 amide bonds. The van der Waals surface area contributed by atoms with Crippen LogP contribution in [0.2, 0.25) is 0 Å². The van der Waals surface area contributed by atoms with Crippen molar-refractivity contribution in [2.75, 3.05) is 26.3 Å². The van der Waals surface area contributed by atoms with Gasteiger partial charge in [0, 0.05) is 12.6 Å². The summed E-state index contributed by atoms with van der Waals surface area (Å²) in [5, 5.41) is 5.69. The normalized spacial score (nSPS) is 21.6. The van der Waals surface area contributed by atoms with E-state index in [1.807, 2.05) is 30.3 Å². The summed E-state index contributed by atoms with van der Waals surface area (Å²) in [5.74, 6) is -0.0732. The summed E-state index contributed by atoms with van der Waals surface area (Å²) in [6.07, 6.45) is 5.63. The highest BCUT2D eigenvalue weighted by Crippen LogP contribution is 2.23. The molecule has 0 aromatic heterocycles. The van der Waals surface area contributed by atoms with E-state index in [4.69, 9.17) is 4.74 Å². The number of benzene rings is 1. The van der Waals surface area contributed by atoms with Gasteiger partial charge < -0.3 is 20.3 Å². The number of urea groups is 1. The van der Waals surface area contributed by atoms with E-state index in [1.165, 1.54) is 6.42 Å². The zero-order valence-corrected chi connectivity index (χ0v) is 14.6. The number of carbonyl (C=O) groups is 2. The first kappa shape index (κ1) is 17.7. The minimum absolute atomic E-state index is 0.0158. The Labute approximate surface area is 148 Å². The van der Waals surface area contributed by atoms with Crippen molar-refractivity contribution in [2.45, 2.75) is 44.2 Å². The highest BCUT2D eigenvalue weighted by molar-refractivity contribution is 5.84.